The third-order valence-corrected chi connectivity index (χ3v) is 3.38. The van der Waals surface area contributed by atoms with E-state index >= 15 is 0 Å². The molecule has 0 unspecified atom stereocenters. The van der Waals surface area contributed by atoms with Crippen molar-refractivity contribution in [1.82, 2.24) is 4.98 Å². The molecule has 0 fully saturated rings. The second kappa shape index (κ2) is 5.36. The second-order valence-electron chi connectivity index (χ2n) is 3.91. The van der Waals surface area contributed by atoms with Gasteiger partial charge in [-0.15, -0.1) is 0 Å². The topological polar surface area (TPSA) is 38.1 Å². The normalized spacial score (nSPS) is 10.5. The summed E-state index contributed by atoms with van der Waals surface area (Å²) < 4.78 is 6.50. The Kier molecular flexibility index (Phi) is 3.84. The Morgan fingerprint density at radius 2 is 2.12 bits per heavy atom. The van der Waals surface area contributed by atoms with Gasteiger partial charge in [-0.05, 0) is 46.6 Å². The van der Waals surface area contributed by atoms with Crippen LogP contribution >= 0.6 is 15.9 Å². The summed E-state index contributed by atoms with van der Waals surface area (Å²) in [6.45, 7) is 4.78. The van der Waals surface area contributed by atoms with Gasteiger partial charge in [-0.3, -0.25) is 0 Å². The number of hydrogen-bond acceptors (Lipinski definition) is 3. The lowest BCUT2D eigenvalue weighted by molar-refractivity contribution is 0.476. The van der Waals surface area contributed by atoms with Gasteiger partial charge < -0.3 is 9.73 Å². The highest BCUT2D eigenvalue weighted by molar-refractivity contribution is 9.10. The maximum atomic E-state index is 5.62. The van der Waals surface area contributed by atoms with Crippen LogP contribution in [0.4, 0.5) is 5.69 Å². The number of rotatable bonds is 4. The highest BCUT2D eigenvalue weighted by atomic mass is 79.9. The van der Waals surface area contributed by atoms with Crippen LogP contribution < -0.4 is 5.32 Å². The van der Waals surface area contributed by atoms with Crippen LogP contribution in [0.3, 0.4) is 0 Å². The van der Waals surface area contributed by atoms with E-state index in [0.717, 1.165) is 33.8 Å². The van der Waals surface area contributed by atoms with Crippen LogP contribution in [-0.4, -0.2) is 4.98 Å². The van der Waals surface area contributed by atoms with Gasteiger partial charge in [0.25, 0.3) is 0 Å². The molecular formula is C13H15BrN2O. The van der Waals surface area contributed by atoms with Gasteiger partial charge in [0, 0.05) is 6.42 Å². The molecule has 2 heterocycles. The molecule has 0 aliphatic heterocycles. The number of halogens is 1. The molecule has 0 radical (unpaired) electrons. The van der Waals surface area contributed by atoms with E-state index in [1.165, 1.54) is 0 Å². The first-order valence-corrected chi connectivity index (χ1v) is 6.42. The average molecular weight is 295 g/mol. The molecular weight excluding hydrogens is 280 g/mol. The molecule has 0 aliphatic rings. The lowest BCUT2D eigenvalue weighted by atomic mass is 10.3. The first-order chi connectivity index (χ1) is 8.19. The fourth-order valence-corrected chi connectivity index (χ4v) is 1.77. The van der Waals surface area contributed by atoms with E-state index in [2.05, 4.69) is 39.2 Å². The SMILES string of the molecule is CCc1ccc(CNc2cnc(Br)c(C)c2)o1. The summed E-state index contributed by atoms with van der Waals surface area (Å²) >= 11 is 3.38. The van der Waals surface area contributed by atoms with Crippen LogP contribution in [0.2, 0.25) is 0 Å². The van der Waals surface area contributed by atoms with Crippen LogP contribution in [0, 0.1) is 6.92 Å². The number of pyridine rings is 1. The molecule has 2 aromatic rings. The molecule has 0 amide bonds. The van der Waals surface area contributed by atoms with Crippen LogP contribution in [0.1, 0.15) is 24.0 Å². The molecule has 2 aromatic heterocycles. The Labute approximate surface area is 109 Å². The minimum atomic E-state index is 0.683. The van der Waals surface area contributed by atoms with Crippen LogP contribution in [0.25, 0.3) is 0 Å². The zero-order valence-corrected chi connectivity index (χ0v) is 11.5. The molecule has 0 spiro atoms. The summed E-state index contributed by atoms with van der Waals surface area (Å²) in [7, 11) is 0. The first-order valence-electron chi connectivity index (χ1n) is 5.62. The number of nitrogens with one attached hydrogen (secondary N) is 1. The van der Waals surface area contributed by atoms with Crippen LogP contribution in [0.5, 0.6) is 0 Å². The summed E-state index contributed by atoms with van der Waals surface area (Å²) in [5.74, 6) is 1.97. The Morgan fingerprint density at radius 1 is 1.35 bits per heavy atom. The van der Waals surface area contributed by atoms with Crippen LogP contribution in [0.15, 0.2) is 33.4 Å². The maximum Gasteiger partial charge on any atom is 0.123 e. The molecule has 3 nitrogen and oxygen atoms in total. The number of furan rings is 1. The Bertz CT molecular complexity index is 508. The van der Waals surface area contributed by atoms with Crippen LogP contribution in [-0.2, 0) is 13.0 Å². The highest BCUT2D eigenvalue weighted by Crippen LogP contribution is 2.17. The molecule has 0 aliphatic carbocycles. The lowest BCUT2D eigenvalue weighted by Gasteiger charge is -2.05. The van der Waals surface area contributed by atoms with Gasteiger partial charge in [-0.25, -0.2) is 4.98 Å². The molecule has 0 bridgehead atoms. The van der Waals surface area contributed by atoms with E-state index in [4.69, 9.17) is 4.42 Å². The van der Waals surface area contributed by atoms with Crippen molar-refractivity contribution in [3.63, 3.8) is 0 Å². The third-order valence-electron chi connectivity index (χ3n) is 2.55. The fraction of sp³-hybridized carbons (Fsp3) is 0.308. The average Bonchev–Trinajstić information content (AvgIpc) is 2.79. The summed E-state index contributed by atoms with van der Waals surface area (Å²) in [6, 6.07) is 6.08. The van der Waals surface area contributed by atoms with Crippen molar-refractivity contribution in [1.29, 1.82) is 0 Å². The predicted octanol–water partition coefficient (Wildman–Crippen LogP) is 3.92. The van der Waals surface area contributed by atoms with Gasteiger partial charge in [-0.1, -0.05) is 6.92 Å². The largest absolute Gasteiger partial charge is 0.464 e. The summed E-state index contributed by atoms with van der Waals surface area (Å²) in [5.41, 5.74) is 2.11. The van der Waals surface area contributed by atoms with E-state index in [9.17, 15) is 0 Å². The first kappa shape index (κ1) is 12.2. The van der Waals surface area contributed by atoms with Crippen molar-refractivity contribution >= 4 is 21.6 Å². The number of nitrogens with zero attached hydrogens (tertiary/aromatic N) is 1. The smallest absolute Gasteiger partial charge is 0.123 e. The van der Waals surface area contributed by atoms with E-state index in [0.29, 0.717) is 6.54 Å². The molecule has 0 atom stereocenters. The summed E-state index contributed by atoms with van der Waals surface area (Å²) in [4.78, 5) is 4.24. The number of aryl methyl sites for hydroxylation is 2. The van der Waals surface area contributed by atoms with Crippen molar-refractivity contribution in [2.24, 2.45) is 0 Å². The van der Waals surface area contributed by atoms with Gasteiger partial charge >= 0.3 is 0 Å². The van der Waals surface area contributed by atoms with Crippen molar-refractivity contribution in [3.05, 3.63) is 46.1 Å². The van der Waals surface area contributed by atoms with E-state index in [1.54, 1.807) is 6.20 Å². The van der Waals surface area contributed by atoms with Gasteiger partial charge in [0.2, 0.25) is 0 Å². The van der Waals surface area contributed by atoms with Gasteiger partial charge in [0.15, 0.2) is 0 Å². The van der Waals surface area contributed by atoms with E-state index < -0.39 is 0 Å². The zero-order chi connectivity index (χ0) is 12.3. The quantitative estimate of drug-likeness (QED) is 0.869. The molecule has 0 aromatic carbocycles. The molecule has 0 saturated heterocycles. The standard InChI is InChI=1S/C13H15BrN2O/c1-3-11-4-5-12(17-11)8-15-10-6-9(2)13(14)16-7-10/h4-7,15H,3,8H2,1-2H3. The molecule has 0 saturated carbocycles. The second-order valence-corrected chi connectivity index (χ2v) is 4.66. The van der Waals surface area contributed by atoms with Crippen molar-refractivity contribution in [2.45, 2.75) is 26.8 Å². The number of anilines is 1. The molecule has 2 rings (SSSR count). The molecule has 90 valence electrons. The Hall–Kier alpha value is -1.29. The molecule has 17 heavy (non-hydrogen) atoms. The minimum absolute atomic E-state index is 0.683. The molecule has 1 N–H and O–H groups in total. The van der Waals surface area contributed by atoms with Crippen molar-refractivity contribution in [2.75, 3.05) is 5.32 Å². The number of hydrogen-bond donors (Lipinski definition) is 1. The molecule has 4 heteroatoms. The van der Waals surface area contributed by atoms with Crippen molar-refractivity contribution < 1.29 is 4.42 Å². The van der Waals surface area contributed by atoms with E-state index in [-0.39, 0.29) is 0 Å². The minimum Gasteiger partial charge on any atom is -0.464 e. The van der Waals surface area contributed by atoms with Gasteiger partial charge in [0.05, 0.1) is 18.4 Å². The highest BCUT2D eigenvalue weighted by Gasteiger charge is 2.02. The van der Waals surface area contributed by atoms with Gasteiger partial charge in [-0.2, -0.15) is 0 Å². The van der Waals surface area contributed by atoms with E-state index in [1.807, 2.05) is 19.1 Å². The summed E-state index contributed by atoms with van der Waals surface area (Å²) in [5, 5.41) is 3.29. The maximum absolute atomic E-state index is 5.62. The Balaban J connectivity index is 1.99. The lowest BCUT2D eigenvalue weighted by Crippen LogP contribution is -1.99. The zero-order valence-electron chi connectivity index (χ0n) is 9.96. The third kappa shape index (κ3) is 3.09. The van der Waals surface area contributed by atoms with Gasteiger partial charge in [0.1, 0.15) is 16.1 Å². The number of aromatic nitrogens is 1. The van der Waals surface area contributed by atoms with Crippen molar-refractivity contribution in [3.8, 4) is 0 Å². The monoisotopic (exact) mass is 294 g/mol. The fourth-order valence-electron chi connectivity index (χ4n) is 1.55. The summed E-state index contributed by atoms with van der Waals surface area (Å²) in [6.07, 6.45) is 2.74. The predicted molar refractivity (Wildman–Crippen MR) is 72.1 cm³/mol. The Morgan fingerprint density at radius 3 is 2.76 bits per heavy atom.